The van der Waals surface area contributed by atoms with E-state index in [2.05, 4.69) is 0 Å². The van der Waals surface area contributed by atoms with Crippen LogP contribution < -0.4 is 0 Å². The van der Waals surface area contributed by atoms with E-state index in [4.69, 9.17) is 11.6 Å². The third-order valence-electron chi connectivity index (χ3n) is 6.18. The smallest absolute Gasteiger partial charge is 0.126 e. The minimum Gasteiger partial charge on any atom is -0.392 e. The summed E-state index contributed by atoms with van der Waals surface area (Å²) in [6, 6.07) is 4.63. The first kappa shape index (κ1) is 14.0. The highest BCUT2D eigenvalue weighted by Gasteiger charge is 2.50. The molecule has 0 saturated heterocycles. The van der Waals surface area contributed by atoms with Crippen molar-refractivity contribution in [3.8, 4) is 0 Å². The Labute approximate surface area is 130 Å². The number of halogens is 2. The van der Waals surface area contributed by atoms with Crippen LogP contribution in [-0.2, 0) is 6.42 Å². The van der Waals surface area contributed by atoms with Gasteiger partial charge in [-0.3, -0.25) is 0 Å². The number of benzene rings is 1. The van der Waals surface area contributed by atoms with Crippen LogP contribution in [0, 0.1) is 35.4 Å². The quantitative estimate of drug-likeness (QED) is 0.874. The lowest BCUT2D eigenvalue weighted by Gasteiger charge is -2.55. The Morgan fingerprint density at radius 3 is 2.33 bits per heavy atom. The molecule has 4 aliphatic rings. The van der Waals surface area contributed by atoms with E-state index in [1.807, 2.05) is 0 Å². The average Bonchev–Trinajstić information content (AvgIpc) is 2.41. The molecule has 21 heavy (non-hydrogen) atoms. The lowest BCUT2D eigenvalue weighted by atomic mass is 9.50. The van der Waals surface area contributed by atoms with Gasteiger partial charge in [0.25, 0.3) is 0 Å². The molecule has 0 aliphatic heterocycles. The van der Waals surface area contributed by atoms with Crippen molar-refractivity contribution in [1.82, 2.24) is 0 Å². The van der Waals surface area contributed by atoms with Crippen LogP contribution in [0.4, 0.5) is 4.39 Å². The van der Waals surface area contributed by atoms with Crippen molar-refractivity contribution in [3.63, 3.8) is 0 Å². The van der Waals surface area contributed by atoms with Crippen molar-refractivity contribution in [1.29, 1.82) is 0 Å². The summed E-state index contributed by atoms with van der Waals surface area (Å²) in [6.45, 7) is 0. The fourth-order valence-electron chi connectivity index (χ4n) is 5.66. The number of aliphatic hydroxyl groups is 1. The molecule has 114 valence electrons. The van der Waals surface area contributed by atoms with E-state index in [0.29, 0.717) is 34.8 Å². The van der Waals surface area contributed by atoms with Gasteiger partial charge in [-0.15, -0.1) is 0 Å². The summed E-state index contributed by atoms with van der Waals surface area (Å²) in [4.78, 5) is 0. The van der Waals surface area contributed by atoms with Gasteiger partial charge in [0.05, 0.1) is 6.10 Å². The Morgan fingerprint density at radius 2 is 1.71 bits per heavy atom. The highest BCUT2D eigenvalue weighted by Crippen LogP contribution is 2.57. The van der Waals surface area contributed by atoms with Crippen LogP contribution in [0.5, 0.6) is 0 Å². The Morgan fingerprint density at radius 1 is 1.10 bits per heavy atom. The molecule has 0 amide bonds. The maximum atomic E-state index is 13.9. The number of hydrogen-bond donors (Lipinski definition) is 1. The van der Waals surface area contributed by atoms with E-state index >= 15 is 0 Å². The summed E-state index contributed by atoms with van der Waals surface area (Å²) in [5, 5.41) is 11.3. The highest BCUT2D eigenvalue weighted by atomic mass is 35.5. The molecule has 4 fully saturated rings. The van der Waals surface area contributed by atoms with Gasteiger partial charge < -0.3 is 5.11 Å². The Bertz CT molecular complexity index is 516. The second kappa shape index (κ2) is 5.24. The number of aliphatic hydroxyl groups excluding tert-OH is 1. The molecule has 1 aromatic carbocycles. The molecule has 0 heterocycles. The lowest BCUT2D eigenvalue weighted by Crippen LogP contribution is -2.49. The van der Waals surface area contributed by atoms with Gasteiger partial charge >= 0.3 is 0 Å². The van der Waals surface area contributed by atoms with Crippen LogP contribution in [0.15, 0.2) is 18.2 Å². The second-order valence-electron chi connectivity index (χ2n) is 7.52. The summed E-state index contributed by atoms with van der Waals surface area (Å²) in [5.74, 6) is 3.26. The van der Waals surface area contributed by atoms with Gasteiger partial charge in [0.2, 0.25) is 0 Å². The van der Waals surface area contributed by atoms with E-state index in [1.165, 1.54) is 38.2 Å². The molecule has 4 saturated carbocycles. The molecular formula is C18H22ClFO. The third-order valence-corrected chi connectivity index (χ3v) is 6.42. The van der Waals surface area contributed by atoms with Crippen LogP contribution in [0.2, 0.25) is 5.02 Å². The Hall–Kier alpha value is -0.600. The molecule has 3 heteroatoms. The molecule has 0 radical (unpaired) electrons. The standard InChI is InChI=1S/C18H22ClFO/c19-15-1-2-16(20)12(8-15)9-17(21)18-13-4-10-3-11(6-13)7-14(18)5-10/h1-2,8,10-11,13-14,17-18,21H,3-7,9H2. The van der Waals surface area contributed by atoms with E-state index in [1.54, 1.807) is 12.1 Å². The maximum Gasteiger partial charge on any atom is 0.126 e. The largest absolute Gasteiger partial charge is 0.392 e. The Balaban J connectivity index is 1.52. The van der Waals surface area contributed by atoms with Crippen molar-refractivity contribution in [2.45, 2.75) is 44.6 Å². The zero-order chi connectivity index (χ0) is 14.6. The second-order valence-corrected chi connectivity index (χ2v) is 7.95. The molecule has 1 unspecified atom stereocenters. The normalized spacial score (nSPS) is 38.7. The molecule has 4 bridgehead atoms. The molecular weight excluding hydrogens is 287 g/mol. The van der Waals surface area contributed by atoms with Crippen molar-refractivity contribution in [2.75, 3.05) is 0 Å². The molecule has 0 spiro atoms. The van der Waals surface area contributed by atoms with Gasteiger partial charge in [0.15, 0.2) is 0 Å². The van der Waals surface area contributed by atoms with Gasteiger partial charge in [0.1, 0.15) is 5.82 Å². The first-order chi connectivity index (χ1) is 10.1. The summed E-state index contributed by atoms with van der Waals surface area (Å²) in [6.07, 6.45) is 6.53. The van der Waals surface area contributed by atoms with Crippen LogP contribution in [0.1, 0.15) is 37.7 Å². The highest BCUT2D eigenvalue weighted by molar-refractivity contribution is 6.30. The van der Waals surface area contributed by atoms with Gasteiger partial charge in [-0.25, -0.2) is 4.39 Å². The molecule has 4 aliphatic carbocycles. The first-order valence-electron chi connectivity index (χ1n) is 8.22. The fourth-order valence-corrected chi connectivity index (χ4v) is 5.85. The van der Waals surface area contributed by atoms with Gasteiger partial charge in [0, 0.05) is 11.4 Å². The van der Waals surface area contributed by atoms with Gasteiger partial charge in [-0.05, 0) is 85.5 Å². The number of rotatable bonds is 3. The molecule has 1 nitrogen and oxygen atoms in total. The van der Waals surface area contributed by atoms with E-state index in [-0.39, 0.29) is 5.82 Å². The topological polar surface area (TPSA) is 20.2 Å². The summed E-state index contributed by atoms with van der Waals surface area (Å²) in [7, 11) is 0. The minimum atomic E-state index is -0.423. The maximum absolute atomic E-state index is 13.9. The van der Waals surface area contributed by atoms with Crippen LogP contribution >= 0.6 is 11.6 Å². The zero-order valence-corrected chi connectivity index (χ0v) is 12.9. The molecule has 1 aromatic rings. The summed E-state index contributed by atoms with van der Waals surface area (Å²) in [5.41, 5.74) is 0.559. The predicted molar refractivity (Wildman–Crippen MR) is 81.7 cm³/mol. The molecule has 1 atom stereocenters. The summed E-state index contributed by atoms with van der Waals surface area (Å²) < 4.78 is 13.9. The van der Waals surface area contributed by atoms with Crippen LogP contribution in [0.3, 0.4) is 0 Å². The Kier molecular flexibility index (Phi) is 3.50. The predicted octanol–water partition coefficient (Wildman–Crippen LogP) is 4.45. The van der Waals surface area contributed by atoms with Crippen molar-refractivity contribution >= 4 is 11.6 Å². The minimum absolute atomic E-state index is 0.248. The van der Waals surface area contributed by atoms with E-state index in [0.717, 1.165) is 11.8 Å². The van der Waals surface area contributed by atoms with Crippen molar-refractivity contribution in [3.05, 3.63) is 34.6 Å². The van der Waals surface area contributed by atoms with E-state index in [9.17, 15) is 9.50 Å². The molecule has 5 rings (SSSR count). The van der Waals surface area contributed by atoms with Crippen molar-refractivity contribution in [2.24, 2.45) is 29.6 Å². The van der Waals surface area contributed by atoms with Gasteiger partial charge in [-0.1, -0.05) is 11.6 Å². The van der Waals surface area contributed by atoms with Crippen LogP contribution in [-0.4, -0.2) is 11.2 Å². The third kappa shape index (κ3) is 2.51. The lowest BCUT2D eigenvalue weighted by molar-refractivity contribution is -0.0889. The fraction of sp³-hybridized carbons (Fsp3) is 0.667. The SMILES string of the molecule is OC(Cc1cc(Cl)ccc1F)C1C2CC3CC(C2)CC1C3. The molecule has 1 N–H and O–H groups in total. The average molecular weight is 309 g/mol. The zero-order valence-electron chi connectivity index (χ0n) is 12.1. The van der Waals surface area contributed by atoms with E-state index < -0.39 is 6.10 Å². The first-order valence-corrected chi connectivity index (χ1v) is 8.60. The van der Waals surface area contributed by atoms with Crippen molar-refractivity contribution < 1.29 is 9.50 Å². The van der Waals surface area contributed by atoms with Crippen LogP contribution in [0.25, 0.3) is 0 Å². The monoisotopic (exact) mass is 308 g/mol. The summed E-state index contributed by atoms with van der Waals surface area (Å²) >= 11 is 5.96. The number of hydrogen-bond acceptors (Lipinski definition) is 1. The molecule has 0 aromatic heterocycles. The van der Waals surface area contributed by atoms with Gasteiger partial charge in [-0.2, -0.15) is 0 Å².